The van der Waals surface area contributed by atoms with Gasteiger partial charge in [0.25, 0.3) is 0 Å². The van der Waals surface area contributed by atoms with Crippen molar-refractivity contribution in [1.29, 1.82) is 0 Å². The molecule has 0 amide bonds. The molecule has 1 radical (unpaired) electrons. The molecule has 0 aromatic carbocycles. The maximum atomic E-state index is 11.9. The van der Waals surface area contributed by atoms with Crippen LogP contribution in [0.1, 0.15) is 6.42 Å². The zero-order valence-electron chi connectivity index (χ0n) is 5.32. The lowest BCUT2D eigenvalue weighted by atomic mass is 10.1. The van der Waals surface area contributed by atoms with Crippen LogP contribution in [-0.2, 0) is 0 Å². The van der Waals surface area contributed by atoms with Gasteiger partial charge in [0.15, 0.2) is 0 Å². The van der Waals surface area contributed by atoms with Crippen LogP contribution in [0, 0.1) is 12.3 Å². The summed E-state index contributed by atoms with van der Waals surface area (Å²) in [6, 6.07) is 0. The van der Waals surface area contributed by atoms with Gasteiger partial charge in [0.1, 0.15) is 0 Å². The highest BCUT2D eigenvalue weighted by Crippen LogP contribution is 2.32. The smallest absolute Gasteiger partial charge is 0.188 e. The quantitative estimate of drug-likeness (QED) is 0.610. The van der Waals surface area contributed by atoms with Gasteiger partial charge in [-0.15, -0.1) is 0 Å². The Morgan fingerprint density at radius 1 is 1.60 bits per heavy atom. The van der Waals surface area contributed by atoms with Gasteiger partial charge in [-0.1, -0.05) is 0 Å². The van der Waals surface area contributed by atoms with E-state index >= 15 is 0 Å². The second-order valence-electron chi connectivity index (χ2n) is 2.38. The highest BCUT2D eigenvalue weighted by Gasteiger charge is 2.28. The number of thioether (sulfide) groups is 1. The summed E-state index contributed by atoms with van der Waals surface area (Å²) >= 11 is 6.45. The molecule has 1 aliphatic heterocycles. The third-order valence-electron chi connectivity index (χ3n) is 1.39. The summed E-state index contributed by atoms with van der Waals surface area (Å²) in [5, 5.41) is -3.10. The molecule has 0 atom stereocenters. The van der Waals surface area contributed by atoms with Gasteiger partial charge < -0.3 is 0 Å². The first-order chi connectivity index (χ1) is 4.58. The summed E-state index contributed by atoms with van der Waals surface area (Å²) < 4.78 is 23.9. The van der Waals surface area contributed by atoms with Gasteiger partial charge in [-0.2, -0.15) is 20.5 Å². The van der Waals surface area contributed by atoms with Crippen LogP contribution in [0.4, 0.5) is 8.78 Å². The Labute approximate surface area is 68.3 Å². The molecule has 1 heterocycles. The largest absolute Gasteiger partial charge is 0.324 e. The molecule has 0 aromatic heterocycles. The minimum Gasteiger partial charge on any atom is -0.188 e. The van der Waals surface area contributed by atoms with Crippen molar-refractivity contribution in [2.24, 2.45) is 5.92 Å². The molecule has 10 heavy (non-hydrogen) atoms. The zero-order valence-corrected chi connectivity index (χ0v) is 6.89. The van der Waals surface area contributed by atoms with E-state index in [1.807, 2.05) is 0 Å². The molecule has 1 aliphatic rings. The molecule has 0 nitrogen and oxygen atoms in total. The molecule has 0 bridgehead atoms. The van der Waals surface area contributed by atoms with Crippen molar-refractivity contribution in [3.05, 3.63) is 6.42 Å². The van der Waals surface area contributed by atoms with Crippen molar-refractivity contribution in [2.75, 3.05) is 11.5 Å². The number of rotatable bonds is 3. The van der Waals surface area contributed by atoms with Crippen molar-refractivity contribution < 1.29 is 8.78 Å². The van der Waals surface area contributed by atoms with Crippen LogP contribution in [0.5, 0.6) is 0 Å². The van der Waals surface area contributed by atoms with Crippen molar-refractivity contribution >= 4 is 23.4 Å². The van der Waals surface area contributed by atoms with Gasteiger partial charge in [-0.3, -0.25) is 0 Å². The van der Waals surface area contributed by atoms with E-state index < -0.39 is 5.38 Å². The van der Waals surface area contributed by atoms with E-state index in [1.54, 1.807) is 11.8 Å². The molecule has 1 rings (SSSR count). The maximum Gasteiger partial charge on any atom is 0.324 e. The Hall–Kier alpha value is 0.500. The third-order valence-corrected chi connectivity index (χ3v) is 2.96. The Bertz CT molecular complexity index is 109. The van der Waals surface area contributed by atoms with E-state index in [-0.39, 0.29) is 0 Å². The molecule has 1 fully saturated rings. The lowest BCUT2D eigenvalue weighted by molar-refractivity contribution is 0.127. The molecule has 0 aromatic rings. The number of alkyl halides is 3. The second kappa shape index (κ2) is 3.26. The summed E-state index contributed by atoms with van der Waals surface area (Å²) in [6.45, 7) is 0. The van der Waals surface area contributed by atoms with E-state index in [2.05, 4.69) is 11.6 Å². The van der Waals surface area contributed by atoms with E-state index in [0.717, 1.165) is 17.9 Å². The first-order valence-electron chi connectivity index (χ1n) is 3.07. The van der Waals surface area contributed by atoms with E-state index in [4.69, 9.17) is 0 Å². The summed E-state index contributed by atoms with van der Waals surface area (Å²) in [7, 11) is 0. The maximum absolute atomic E-state index is 11.9. The van der Waals surface area contributed by atoms with E-state index in [0.29, 0.717) is 12.3 Å². The van der Waals surface area contributed by atoms with Crippen molar-refractivity contribution in [2.45, 2.75) is 11.8 Å². The van der Waals surface area contributed by atoms with Crippen molar-refractivity contribution in [3.8, 4) is 0 Å². The Balaban J connectivity index is 2.04. The number of halogens is 3. The van der Waals surface area contributed by atoms with Crippen LogP contribution in [-0.4, -0.2) is 16.9 Å². The van der Waals surface area contributed by atoms with Crippen LogP contribution >= 0.6 is 23.4 Å². The monoisotopic (exact) mass is 185 g/mol. The topological polar surface area (TPSA) is 0 Å². The summed E-state index contributed by atoms with van der Waals surface area (Å²) in [5.41, 5.74) is 0. The summed E-state index contributed by atoms with van der Waals surface area (Å²) in [4.78, 5) is 0. The average molecular weight is 186 g/mol. The molecule has 1 saturated heterocycles. The first kappa shape index (κ1) is 8.60. The molecule has 0 N–H and O–H groups in total. The molecule has 0 spiro atoms. The first-order valence-corrected chi connectivity index (χ1v) is 4.60. The van der Waals surface area contributed by atoms with E-state index in [9.17, 15) is 8.78 Å². The van der Waals surface area contributed by atoms with Crippen molar-refractivity contribution in [1.82, 2.24) is 0 Å². The SMILES string of the molecule is FC(F)(Cl)[CH]CC1CSC1. The van der Waals surface area contributed by atoms with Crippen LogP contribution in [0.2, 0.25) is 0 Å². The second-order valence-corrected chi connectivity index (χ2v) is 3.96. The van der Waals surface area contributed by atoms with Crippen LogP contribution in [0.25, 0.3) is 0 Å². The summed E-state index contributed by atoms with van der Waals surface area (Å²) in [6.07, 6.45) is 1.34. The lowest BCUT2D eigenvalue weighted by Crippen LogP contribution is -2.20. The van der Waals surface area contributed by atoms with Gasteiger partial charge in [0, 0.05) is 6.42 Å². The van der Waals surface area contributed by atoms with Crippen LogP contribution in [0.3, 0.4) is 0 Å². The minimum absolute atomic E-state index is 0.439. The molecular formula is C6H8ClF2S. The molecule has 59 valence electrons. The Kier molecular flexibility index (Phi) is 2.81. The standard InChI is InChI=1S/C6H8ClF2S/c7-6(8,9)2-1-5-3-10-4-5/h2,5H,1,3-4H2. The molecular weight excluding hydrogens is 178 g/mol. The fourth-order valence-electron chi connectivity index (χ4n) is 0.721. The highest BCUT2D eigenvalue weighted by molar-refractivity contribution is 8.00. The van der Waals surface area contributed by atoms with Gasteiger partial charge in [-0.25, -0.2) is 0 Å². The van der Waals surface area contributed by atoms with Crippen LogP contribution < -0.4 is 0 Å². The van der Waals surface area contributed by atoms with Gasteiger partial charge in [0.2, 0.25) is 0 Å². The number of hydrogen-bond donors (Lipinski definition) is 0. The van der Waals surface area contributed by atoms with Crippen LogP contribution in [0.15, 0.2) is 0 Å². The van der Waals surface area contributed by atoms with Crippen molar-refractivity contribution in [3.63, 3.8) is 0 Å². The van der Waals surface area contributed by atoms with Gasteiger partial charge in [-0.05, 0) is 35.4 Å². The predicted octanol–water partition coefficient (Wildman–Crippen LogP) is 2.78. The van der Waals surface area contributed by atoms with Gasteiger partial charge in [0.05, 0.1) is 0 Å². The predicted molar refractivity (Wildman–Crippen MR) is 40.5 cm³/mol. The van der Waals surface area contributed by atoms with E-state index in [1.165, 1.54) is 0 Å². The lowest BCUT2D eigenvalue weighted by Gasteiger charge is -2.24. The molecule has 4 heteroatoms. The summed E-state index contributed by atoms with van der Waals surface area (Å²) in [5.74, 6) is 2.45. The normalized spacial score (nSPS) is 20.7. The minimum atomic E-state index is -3.10. The Morgan fingerprint density at radius 3 is 2.50 bits per heavy atom. The molecule has 0 saturated carbocycles. The average Bonchev–Trinajstić information content (AvgIpc) is 1.56. The number of hydrogen-bond acceptors (Lipinski definition) is 1. The fraction of sp³-hybridized carbons (Fsp3) is 0.833. The zero-order chi connectivity index (χ0) is 7.61. The van der Waals surface area contributed by atoms with Gasteiger partial charge >= 0.3 is 5.38 Å². The molecule has 0 unspecified atom stereocenters. The molecule has 0 aliphatic carbocycles. The third kappa shape index (κ3) is 3.06. The highest BCUT2D eigenvalue weighted by atomic mass is 35.5. The Morgan fingerprint density at radius 2 is 2.20 bits per heavy atom. The fourth-order valence-corrected chi connectivity index (χ4v) is 1.65.